The Morgan fingerprint density at radius 2 is 2.04 bits per heavy atom. The summed E-state index contributed by atoms with van der Waals surface area (Å²) in [5, 5.41) is 7.16. The third kappa shape index (κ3) is 3.29. The quantitative estimate of drug-likeness (QED) is 0.867. The van der Waals surface area contributed by atoms with Crippen LogP contribution in [0.2, 0.25) is 0 Å². The molecule has 0 unspecified atom stereocenters. The van der Waals surface area contributed by atoms with Crippen molar-refractivity contribution in [3.05, 3.63) is 41.5 Å². The highest BCUT2D eigenvalue weighted by atomic mass is 16.2. The highest BCUT2D eigenvalue weighted by molar-refractivity contribution is 5.96. The Labute approximate surface area is 147 Å². The number of carbonyl (C=O) groups is 1. The molecule has 3 N–H and O–H groups in total. The summed E-state index contributed by atoms with van der Waals surface area (Å²) in [6.45, 7) is 3.48. The van der Waals surface area contributed by atoms with Crippen LogP contribution in [0.25, 0.3) is 0 Å². The van der Waals surface area contributed by atoms with E-state index in [0.29, 0.717) is 19.0 Å². The monoisotopic (exact) mass is 340 g/mol. The molecule has 0 radical (unpaired) electrons. The number of benzene rings is 1. The molecular formula is C18H24N6O. The Kier molecular flexibility index (Phi) is 4.50. The number of H-pyrrole nitrogens is 1. The summed E-state index contributed by atoms with van der Waals surface area (Å²) in [6, 6.07) is 8.20. The molecule has 2 aliphatic rings. The van der Waals surface area contributed by atoms with Crippen molar-refractivity contribution < 1.29 is 4.79 Å². The normalized spacial score (nSPS) is 18.5. The van der Waals surface area contributed by atoms with E-state index >= 15 is 0 Å². The van der Waals surface area contributed by atoms with Crippen molar-refractivity contribution >= 4 is 11.6 Å². The average Bonchev–Trinajstić information content (AvgIpc) is 3.29. The van der Waals surface area contributed by atoms with E-state index in [-0.39, 0.29) is 5.91 Å². The second kappa shape index (κ2) is 6.93. The summed E-state index contributed by atoms with van der Waals surface area (Å²) in [5.41, 5.74) is 7.93. The van der Waals surface area contributed by atoms with Gasteiger partial charge in [0.2, 0.25) is 5.91 Å². The standard InChI is InChI=1S/C18H24N6O/c19-11-16-20-18(22-21-16)14-5-8-23(9-6-14)12-17(25)24-10-7-13-3-1-2-4-15(13)24/h1-4,14H,5-12,19H2,(H,20,21,22). The maximum Gasteiger partial charge on any atom is 0.241 e. The molecule has 2 aromatic rings. The molecule has 1 fully saturated rings. The topological polar surface area (TPSA) is 91.1 Å². The summed E-state index contributed by atoms with van der Waals surface area (Å²) >= 11 is 0. The van der Waals surface area contributed by atoms with Crippen molar-refractivity contribution in [3.63, 3.8) is 0 Å². The first-order valence-corrected chi connectivity index (χ1v) is 8.96. The zero-order valence-electron chi connectivity index (χ0n) is 14.3. The number of nitrogens with one attached hydrogen (secondary N) is 1. The maximum atomic E-state index is 12.7. The van der Waals surface area contributed by atoms with Crippen molar-refractivity contribution in [2.24, 2.45) is 5.73 Å². The Hall–Kier alpha value is -2.25. The van der Waals surface area contributed by atoms with Crippen molar-refractivity contribution in [1.82, 2.24) is 20.1 Å². The van der Waals surface area contributed by atoms with Gasteiger partial charge in [-0.15, -0.1) is 0 Å². The first-order chi connectivity index (χ1) is 12.2. The minimum absolute atomic E-state index is 0.201. The summed E-state index contributed by atoms with van der Waals surface area (Å²) < 4.78 is 0. The van der Waals surface area contributed by atoms with Gasteiger partial charge in [-0.3, -0.25) is 14.8 Å². The molecule has 132 valence electrons. The molecule has 0 spiro atoms. The van der Waals surface area contributed by atoms with Gasteiger partial charge in [-0.05, 0) is 44.0 Å². The number of anilines is 1. The van der Waals surface area contributed by atoms with Crippen molar-refractivity contribution in [1.29, 1.82) is 0 Å². The first kappa shape index (κ1) is 16.2. The highest BCUT2D eigenvalue weighted by Crippen LogP contribution is 2.29. The number of fused-ring (bicyclic) bond motifs is 1. The van der Waals surface area contributed by atoms with Crippen LogP contribution in [-0.4, -0.2) is 52.2 Å². The Morgan fingerprint density at radius 1 is 1.24 bits per heavy atom. The molecule has 1 aromatic carbocycles. The fraction of sp³-hybridized carbons (Fsp3) is 0.500. The molecule has 1 saturated heterocycles. The lowest BCUT2D eigenvalue weighted by Gasteiger charge is -2.31. The van der Waals surface area contributed by atoms with Crippen LogP contribution in [-0.2, 0) is 17.8 Å². The number of hydrogen-bond acceptors (Lipinski definition) is 5. The average molecular weight is 340 g/mol. The largest absolute Gasteiger partial charge is 0.324 e. The fourth-order valence-electron chi connectivity index (χ4n) is 3.81. The predicted molar refractivity (Wildman–Crippen MR) is 95.2 cm³/mol. The number of carbonyl (C=O) groups excluding carboxylic acids is 1. The second-order valence-corrected chi connectivity index (χ2v) is 6.82. The molecule has 25 heavy (non-hydrogen) atoms. The Morgan fingerprint density at radius 3 is 2.80 bits per heavy atom. The van der Waals surface area contributed by atoms with Gasteiger partial charge in [0, 0.05) is 18.2 Å². The first-order valence-electron chi connectivity index (χ1n) is 8.96. The Bertz CT molecular complexity index is 750. The molecule has 7 heteroatoms. The number of piperidine rings is 1. The van der Waals surface area contributed by atoms with Crippen LogP contribution in [0.3, 0.4) is 0 Å². The van der Waals surface area contributed by atoms with Crippen LogP contribution in [0.15, 0.2) is 24.3 Å². The number of aromatic nitrogens is 3. The number of rotatable bonds is 4. The van der Waals surface area contributed by atoms with E-state index < -0.39 is 0 Å². The van der Waals surface area contributed by atoms with E-state index in [2.05, 4.69) is 26.1 Å². The lowest BCUT2D eigenvalue weighted by Crippen LogP contribution is -2.42. The van der Waals surface area contributed by atoms with Gasteiger partial charge in [0.05, 0.1) is 13.1 Å². The number of nitrogens with two attached hydrogens (primary N) is 1. The molecule has 0 aliphatic carbocycles. The molecular weight excluding hydrogens is 316 g/mol. The lowest BCUT2D eigenvalue weighted by atomic mass is 9.96. The maximum absolute atomic E-state index is 12.7. The smallest absolute Gasteiger partial charge is 0.241 e. The van der Waals surface area contributed by atoms with Gasteiger partial charge in [0.25, 0.3) is 0 Å². The SMILES string of the molecule is NCc1nc(C2CCN(CC(=O)N3CCc4ccccc43)CC2)n[nH]1. The summed E-state index contributed by atoms with van der Waals surface area (Å²) in [5.74, 6) is 2.15. The van der Waals surface area contributed by atoms with Gasteiger partial charge in [-0.2, -0.15) is 5.10 Å². The van der Waals surface area contributed by atoms with Gasteiger partial charge < -0.3 is 10.6 Å². The third-order valence-corrected chi connectivity index (χ3v) is 5.24. The number of likely N-dealkylation sites (tertiary alicyclic amines) is 1. The lowest BCUT2D eigenvalue weighted by molar-refractivity contribution is -0.119. The molecule has 0 atom stereocenters. The van der Waals surface area contributed by atoms with Crippen molar-refractivity contribution in [2.45, 2.75) is 31.7 Å². The van der Waals surface area contributed by atoms with E-state index in [4.69, 9.17) is 5.73 Å². The molecule has 1 aromatic heterocycles. The van der Waals surface area contributed by atoms with E-state index in [1.165, 1.54) is 5.56 Å². The van der Waals surface area contributed by atoms with E-state index in [0.717, 1.165) is 56.2 Å². The van der Waals surface area contributed by atoms with Gasteiger partial charge >= 0.3 is 0 Å². The van der Waals surface area contributed by atoms with Gasteiger partial charge in [0.15, 0.2) is 5.82 Å². The molecule has 4 rings (SSSR count). The summed E-state index contributed by atoms with van der Waals surface area (Å²) in [7, 11) is 0. The Balaban J connectivity index is 1.32. The van der Waals surface area contributed by atoms with Crippen molar-refractivity contribution in [2.75, 3.05) is 31.1 Å². The van der Waals surface area contributed by atoms with Crippen LogP contribution in [0.5, 0.6) is 0 Å². The summed E-state index contributed by atoms with van der Waals surface area (Å²) in [4.78, 5) is 21.3. The van der Waals surface area contributed by atoms with Crippen LogP contribution >= 0.6 is 0 Å². The minimum atomic E-state index is 0.201. The molecule has 3 heterocycles. The molecule has 0 bridgehead atoms. The zero-order valence-corrected chi connectivity index (χ0v) is 14.3. The van der Waals surface area contributed by atoms with Gasteiger partial charge in [0.1, 0.15) is 5.82 Å². The van der Waals surface area contributed by atoms with E-state index in [1.807, 2.05) is 23.1 Å². The van der Waals surface area contributed by atoms with E-state index in [1.54, 1.807) is 0 Å². The van der Waals surface area contributed by atoms with Crippen LogP contribution < -0.4 is 10.6 Å². The molecule has 7 nitrogen and oxygen atoms in total. The predicted octanol–water partition coefficient (Wildman–Crippen LogP) is 1.03. The number of amides is 1. The number of para-hydroxylation sites is 1. The van der Waals surface area contributed by atoms with Crippen LogP contribution in [0, 0.1) is 0 Å². The molecule has 1 amide bonds. The third-order valence-electron chi connectivity index (χ3n) is 5.24. The highest BCUT2D eigenvalue weighted by Gasteiger charge is 2.28. The zero-order chi connectivity index (χ0) is 17.2. The molecule has 2 aliphatic heterocycles. The van der Waals surface area contributed by atoms with Crippen LogP contribution in [0.4, 0.5) is 5.69 Å². The van der Waals surface area contributed by atoms with Gasteiger partial charge in [-0.1, -0.05) is 18.2 Å². The van der Waals surface area contributed by atoms with Crippen molar-refractivity contribution in [3.8, 4) is 0 Å². The molecule has 0 saturated carbocycles. The minimum Gasteiger partial charge on any atom is -0.324 e. The number of hydrogen-bond donors (Lipinski definition) is 2. The number of nitrogens with zero attached hydrogens (tertiary/aromatic N) is 4. The fourth-order valence-corrected chi connectivity index (χ4v) is 3.81. The number of aromatic amines is 1. The van der Waals surface area contributed by atoms with Gasteiger partial charge in [-0.25, -0.2) is 4.98 Å². The van der Waals surface area contributed by atoms with Crippen LogP contribution in [0.1, 0.15) is 36.0 Å². The van der Waals surface area contributed by atoms with E-state index in [9.17, 15) is 4.79 Å². The second-order valence-electron chi connectivity index (χ2n) is 6.82. The summed E-state index contributed by atoms with van der Waals surface area (Å²) in [6.07, 6.45) is 2.91.